The normalized spacial score (nSPS) is 15.3. The van der Waals surface area contributed by atoms with E-state index in [-0.39, 0.29) is 18.6 Å². The molecule has 5 nitrogen and oxygen atoms in total. The lowest BCUT2D eigenvalue weighted by molar-refractivity contribution is 0.0590. The van der Waals surface area contributed by atoms with Gasteiger partial charge in [-0.25, -0.2) is 0 Å². The Labute approximate surface area is 145 Å². The number of hydrogen-bond acceptors (Lipinski definition) is 4. The van der Waals surface area contributed by atoms with E-state index in [1.165, 1.54) is 6.20 Å². The number of likely N-dealkylation sites (tertiary alicyclic amines) is 1. The Hall–Kier alpha value is -2.11. The van der Waals surface area contributed by atoms with E-state index in [1.807, 2.05) is 12.1 Å². The number of carbonyl (C=O) groups excluding carboxylic acids is 1. The minimum atomic E-state index is -0.0792. The highest BCUT2D eigenvalue weighted by Crippen LogP contribution is 2.21. The standard InChI is InChI=1S/C18H19ClN2O3/c19-14-2-4-15(5-3-14)24-16-7-9-21(10-8-16)18(23)17-6-1-13(12-22)11-20-17/h1-6,11,16,22H,7-10,12H2. The van der Waals surface area contributed by atoms with Crippen molar-refractivity contribution in [1.29, 1.82) is 0 Å². The fourth-order valence-electron chi connectivity index (χ4n) is 2.69. The van der Waals surface area contributed by atoms with E-state index < -0.39 is 0 Å². The molecule has 1 aliphatic heterocycles. The fraction of sp³-hybridized carbons (Fsp3) is 0.333. The van der Waals surface area contributed by atoms with Gasteiger partial charge in [-0.2, -0.15) is 0 Å². The monoisotopic (exact) mass is 346 g/mol. The van der Waals surface area contributed by atoms with Crippen LogP contribution >= 0.6 is 11.6 Å². The molecule has 0 bridgehead atoms. The van der Waals surface area contributed by atoms with E-state index in [1.54, 1.807) is 29.2 Å². The minimum Gasteiger partial charge on any atom is -0.490 e. The fourth-order valence-corrected chi connectivity index (χ4v) is 2.81. The number of aliphatic hydroxyl groups excluding tert-OH is 1. The molecule has 1 fully saturated rings. The maximum Gasteiger partial charge on any atom is 0.272 e. The molecule has 1 aromatic heterocycles. The first-order valence-electron chi connectivity index (χ1n) is 7.93. The maximum absolute atomic E-state index is 12.4. The first kappa shape index (κ1) is 16.7. The van der Waals surface area contributed by atoms with Crippen molar-refractivity contribution in [2.24, 2.45) is 0 Å². The number of benzene rings is 1. The van der Waals surface area contributed by atoms with Crippen LogP contribution < -0.4 is 4.74 Å². The number of ether oxygens (including phenoxy) is 1. The molecule has 0 atom stereocenters. The van der Waals surface area contributed by atoms with Crippen molar-refractivity contribution in [3.8, 4) is 5.75 Å². The van der Waals surface area contributed by atoms with Crippen molar-refractivity contribution in [2.75, 3.05) is 13.1 Å². The number of aliphatic hydroxyl groups is 1. The van der Waals surface area contributed by atoms with Crippen LogP contribution in [0, 0.1) is 0 Å². The second-order valence-electron chi connectivity index (χ2n) is 5.77. The lowest BCUT2D eigenvalue weighted by Gasteiger charge is -2.32. The zero-order valence-electron chi connectivity index (χ0n) is 13.2. The van der Waals surface area contributed by atoms with Crippen molar-refractivity contribution in [2.45, 2.75) is 25.6 Å². The summed E-state index contributed by atoms with van der Waals surface area (Å²) in [4.78, 5) is 18.4. The number of rotatable bonds is 4. The Balaban J connectivity index is 1.54. The number of pyridine rings is 1. The summed E-state index contributed by atoms with van der Waals surface area (Å²) >= 11 is 5.87. The summed E-state index contributed by atoms with van der Waals surface area (Å²) in [6.07, 6.45) is 3.19. The number of aromatic nitrogens is 1. The minimum absolute atomic E-state index is 0.0745. The summed E-state index contributed by atoms with van der Waals surface area (Å²) in [6.45, 7) is 1.20. The zero-order valence-corrected chi connectivity index (χ0v) is 13.9. The SMILES string of the molecule is O=C(c1ccc(CO)cn1)N1CCC(Oc2ccc(Cl)cc2)CC1. The quantitative estimate of drug-likeness (QED) is 0.924. The van der Waals surface area contributed by atoms with Crippen molar-refractivity contribution >= 4 is 17.5 Å². The molecule has 3 rings (SSSR count). The van der Waals surface area contributed by atoms with E-state index >= 15 is 0 Å². The van der Waals surface area contributed by atoms with E-state index in [0.717, 1.165) is 18.6 Å². The highest BCUT2D eigenvalue weighted by atomic mass is 35.5. The predicted molar refractivity (Wildman–Crippen MR) is 91.2 cm³/mol. The third-order valence-corrected chi connectivity index (χ3v) is 4.32. The van der Waals surface area contributed by atoms with Crippen molar-refractivity contribution < 1.29 is 14.6 Å². The van der Waals surface area contributed by atoms with Gasteiger partial charge in [-0.15, -0.1) is 0 Å². The van der Waals surface area contributed by atoms with Gasteiger partial charge >= 0.3 is 0 Å². The Kier molecular flexibility index (Phi) is 5.33. The number of amides is 1. The molecule has 6 heteroatoms. The van der Waals surface area contributed by atoms with Crippen LogP contribution in [-0.2, 0) is 6.61 Å². The molecule has 2 aromatic rings. The molecule has 1 amide bonds. The van der Waals surface area contributed by atoms with Crippen LogP contribution in [-0.4, -0.2) is 40.1 Å². The molecule has 0 saturated carbocycles. The van der Waals surface area contributed by atoms with Crippen molar-refractivity contribution in [3.63, 3.8) is 0 Å². The number of halogens is 1. The molecule has 0 radical (unpaired) electrons. The van der Waals surface area contributed by atoms with Crippen LogP contribution in [0.2, 0.25) is 5.02 Å². The zero-order chi connectivity index (χ0) is 16.9. The highest BCUT2D eigenvalue weighted by Gasteiger charge is 2.25. The van der Waals surface area contributed by atoms with Gasteiger partial charge in [-0.3, -0.25) is 9.78 Å². The highest BCUT2D eigenvalue weighted by molar-refractivity contribution is 6.30. The Bertz CT molecular complexity index is 680. The smallest absolute Gasteiger partial charge is 0.272 e. The average molecular weight is 347 g/mol. The summed E-state index contributed by atoms with van der Waals surface area (Å²) in [7, 11) is 0. The van der Waals surface area contributed by atoms with Gasteiger partial charge in [-0.1, -0.05) is 17.7 Å². The van der Waals surface area contributed by atoms with Gasteiger partial charge in [0.25, 0.3) is 5.91 Å². The van der Waals surface area contributed by atoms with Crippen LogP contribution in [0.3, 0.4) is 0 Å². The topological polar surface area (TPSA) is 62.7 Å². The number of hydrogen-bond donors (Lipinski definition) is 1. The van der Waals surface area contributed by atoms with Gasteiger partial charge in [0.1, 0.15) is 17.5 Å². The molecule has 126 valence electrons. The van der Waals surface area contributed by atoms with Gasteiger partial charge < -0.3 is 14.7 Å². The summed E-state index contributed by atoms with van der Waals surface area (Å²) < 4.78 is 5.93. The Morgan fingerprint density at radius 2 is 1.92 bits per heavy atom. The Morgan fingerprint density at radius 3 is 2.50 bits per heavy atom. The molecule has 0 aliphatic carbocycles. The predicted octanol–water partition coefficient (Wildman–Crippen LogP) is 2.91. The van der Waals surface area contributed by atoms with Crippen LogP contribution in [0.5, 0.6) is 5.75 Å². The van der Waals surface area contributed by atoms with Crippen LogP contribution in [0.4, 0.5) is 0 Å². The number of carbonyl (C=O) groups is 1. The molecule has 24 heavy (non-hydrogen) atoms. The van der Waals surface area contributed by atoms with Gasteiger partial charge in [-0.05, 0) is 35.9 Å². The van der Waals surface area contributed by atoms with E-state index in [4.69, 9.17) is 21.4 Å². The lowest BCUT2D eigenvalue weighted by atomic mass is 10.1. The van der Waals surface area contributed by atoms with E-state index in [0.29, 0.717) is 29.4 Å². The second-order valence-corrected chi connectivity index (χ2v) is 6.21. The van der Waals surface area contributed by atoms with Gasteiger partial charge in [0.15, 0.2) is 0 Å². The largest absolute Gasteiger partial charge is 0.490 e. The van der Waals surface area contributed by atoms with E-state index in [9.17, 15) is 4.79 Å². The third kappa shape index (κ3) is 4.04. The van der Waals surface area contributed by atoms with Crippen molar-refractivity contribution in [1.82, 2.24) is 9.88 Å². The van der Waals surface area contributed by atoms with Gasteiger partial charge in [0, 0.05) is 37.2 Å². The Morgan fingerprint density at radius 1 is 1.21 bits per heavy atom. The third-order valence-electron chi connectivity index (χ3n) is 4.07. The molecule has 1 saturated heterocycles. The summed E-state index contributed by atoms with van der Waals surface area (Å²) in [5.74, 6) is 0.717. The van der Waals surface area contributed by atoms with E-state index in [2.05, 4.69) is 4.98 Å². The molecule has 0 spiro atoms. The first-order chi connectivity index (χ1) is 11.7. The van der Waals surface area contributed by atoms with Gasteiger partial charge in [0.2, 0.25) is 0 Å². The average Bonchev–Trinajstić information content (AvgIpc) is 2.64. The molecule has 0 unspecified atom stereocenters. The second kappa shape index (κ2) is 7.64. The van der Waals surface area contributed by atoms with Crippen LogP contribution in [0.25, 0.3) is 0 Å². The molecule has 1 aromatic carbocycles. The van der Waals surface area contributed by atoms with Gasteiger partial charge in [0.05, 0.1) is 6.61 Å². The molecule has 1 N–H and O–H groups in total. The summed E-state index contributed by atoms with van der Waals surface area (Å²) in [5, 5.41) is 9.71. The molecular weight excluding hydrogens is 328 g/mol. The number of nitrogens with zero attached hydrogens (tertiary/aromatic N) is 2. The molecule has 1 aliphatic rings. The maximum atomic E-state index is 12.4. The van der Waals surface area contributed by atoms with Crippen LogP contribution in [0.1, 0.15) is 28.9 Å². The lowest BCUT2D eigenvalue weighted by Crippen LogP contribution is -2.42. The van der Waals surface area contributed by atoms with Crippen LogP contribution in [0.15, 0.2) is 42.6 Å². The summed E-state index contributed by atoms with van der Waals surface area (Å²) in [6, 6.07) is 10.7. The first-order valence-corrected chi connectivity index (χ1v) is 8.31. The summed E-state index contributed by atoms with van der Waals surface area (Å²) in [5.41, 5.74) is 1.10. The number of piperidine rings is 1. The molecule has 2 heterocycles. The van der Waals surface area contributed by atoms with Crippen molar-refractivity contribution in [3.05, 3.63) is 58.9 Å². The molecular formula is C18H19ClN2O3.